The van der Waals surface area contributed by atoms with E-state index in [0.717, 1.165) is 11.1 Å². The van der Waals surface area contributed by atoms with Crippen LogP contribution in [0.3, 0.4) is 0 Å². The number of ketones is 1. The third-order valence-corrected chi connectivity index (χ3v) is 3.93. The Balaban J connectivity index is 1.83. The molecule has 1 N–H and O–H groups in total. The Morgan fingerprint density at radius 2 is 1.60 bits per heavy atom. The van der Waals surface area contributed by atoms with E-state index in [1.165, 1.54) is 0 Å². The number of benzene rings is 2. The lowest BCUT2D eigenvalue weighted by Gasteiger charge is -2.10. The molecular formula is C19H20ClNO4. The Kier molecular flexibility index (Phi) is 6.83. The SMILES string of the molecule is COc1ccc(CCNC(=O)C(=O)Cc2ccc(Cl)cc2)cc1OC. The molecule has 0 aromatic heterocycles. The van der Waals surface area contributed by atoms with E-state index in [-0.39, 0.29) is 6.42 Å². The summed E-state index contributed by atoms with van der Waals surface area (Å²) in [6.07, 6.45) is 0.639. The summed E-state index contributed by atoms with van der Waals surface area (Å²) in [5.74, 6) is 0.212. The van der Waals surface area contributed by atoms with E-state index in [1.54, 1.807) is 38.5 Å². The molecule has 0 atom stereocenters. The van der Waals surface area contributed by atoms with Gasteiger partial charge >= 0.3 is 0 Å². The summed E-state index contributed by atoms with van der Waals surface area (Å²) in [7, 11) is 3.14. The first-order chi connectivity index (χ1) is 12.0. The Hall–Kier alpha value is -2.53. The molecular weight excluding hydrogens is 342 g/mol. The molecule has 2 rings (SSSR count). The third kappa shape index (κ3) is 5.50. The van der Waals surface area contributed by atoms with Gasteiger partial charge in [0, 0.05) is 18.0 Å². The van der Waals surface area contributed by atoms with Crippen molar-refractivity contribution in [1.29, 1.82) is 0 Å². The number of halogens is 1. The predicted molar refractivity (Wildman–Crippen MR) is 96.4 cm³/mol. The largest absolute Gasteiger partial charge is 0.493 e. The van der Waals surface area contributed by atoms with Gasteiger partial charge in [-0.3, -0.25) is 9.59 Å². The highest BCUT2D eigenvalue weighted by molar-refractivity contribution is 6.36. The van der Waals surface area contributed by atoms with Crippen LogP contribution in [0.25, 0.3) is 0 Å². The van der Waals surface area contributed by atoms with Crippen molar-refractivity contribution in [1.82, 2.24) is 5.32 Å². The fourth-order valence-corrected chi connectivity index (χ4v) is 2.45. The van der Waals surface area contributed by atoms with Gasteiger partial charge in [-0.2, -0.15) is 0 Å². The van der Waals surface area contributed by atoms with Gasteiger partial charge in [0.2, 0.25) is 5.78 Å². The average molecular weight is 362 g/mol. The van der Waals surface area contributed by atoms with Crippen LogP contribution in [0.4, 0.5) is 0 Å². The predicted octanol–water partition coefficient (Wildman–Crippen LogP) is 2.83. The lowest BCUT2D eigenvalue weighted by Crippen LogP contribution is -2.33. The number of carbonyl (C=O) groups excluding carboxylic acids is 2. The van der Waals surface area contributed by atoms with E-state index in [9.17, 15) is 9.59 Å². The van der Waals surface area contributed by atoms with Crippen LogP contribution in [0.15, 0.2) is 42.5 Å². The molecule has 5 nitrogen and oxygen atoms in total. The first-order valence-corrected chi connectivity index (χ1v) is 8.17. The monoisotopic (exact) mass is 361 g/mol. The maximum atomic E-state index is 11.9. The van der Waals surface area contributed by atoms with Gasteiger partial charge in [-0.05, 0) is 41.8 Å². The van der Waals surface area contributed by atoms with E-state index in [4.69, 9.17) is 21.1 Å². The van der Waals surface area contributed by atoms with Crippen LogP contribution < -0.4 is 14.8 Å². The van der Waals surface area contributed by atoms with Gasteiger partial charge in [-0.15, -0.1) is 0 Å². The van der Waals surface area contributed by atoms with Crippen molar-refractivity contribution < 1.29 is 19.1 Å². The second-order valence-electron chi connectivity index (χ2n) is 5.42. The van der Waals surface area contributed by atoms with Gasteiger partial charge in [0.1, 0.15) is 0 Å². The molecule has 6 heteroatoms. The summed E-state index contributed by atoms with van der Waals surface area (Å²) in [6, 6.07) is 12.4. The lowest BCUT2D eigenvalue weighted by atomic mass is 10.1. The van der Waals surface area contributed by atoms with Crippen molar-refractivity contribution in [3.8, 4) is 11.5 Å². The van der Waals surface area contributed by atoms with Crippen LogP contribution in [-0.2, 0) is 22.4 Å². The second-order valence-corrected chi connectivity index (χ2v) is 5.86. The maximum absolute atomic E-state index is 11.9. The van der Waals surface area contributed by atoms with E-state index in [2.05, 4.69) is 5.32 Å². The van der Waals surface area contributed by atoms with Crippen LogP contribution in [0.2, 0.25) is 5.02 Å². The third-order valence-electron chi connectivity index (χ3n) is 3.68. The van der Waals surface area contributed by atoms with Gasteiger partial charge in [0.05, 0.1) is 14.2 Å². The molecule has 0 aliphatic carbocycles. The van der Waals surface area contributed by atoms with Gasteiger partial charge < -0.3 is 14.8 Å². The summed E-state index contributed by atoms with van der Waals surface area (Å²) in [4.78, 5) is 23.8. The minimum absolute atomic E-state index is 0.0549. The Morgan fingerprint density at radius 1 is 0.960 bits per heavy atom. The molecule has 0 unspecified atom stereocenters. The fourth-order valence-electron chi connectivity index (χ4n) is 2.32. The van der Waals surface area contributed by atoms with E-state index in [0.29, 0.717) is 29.5 Å². The highest BCUT2D eigenvalue weighted by atomic mass is 35.5. The van der Waals surface area contributed by atoms with E-state index >= 15 is 0 Å². The summed E-state index contributed by atoms with van der Waals surface area (Å²) < 4.78 is 10.4. The number of rotatable bonds is 8. The highest BCUT2D eigenvalue weighted by Gasteiger charge is 2.14. The highest BCUT2D eigenvalue weighted by Crippen LogP contribution is 2.27. The average Bonchev–Trinajstić information content (AvgIpc) is 2.63. The molecule has 132 valence electrons. The minimum atomic E-state index is -0.588. The van der Waals surface area contributed by atoms with Crippen molar-refractivity contribution in [3.63, 3.8) is 0 Å². The van der Waals surface area contributed by atoms with Crippen molar-refractivity contribution >= 4 is 23.3 Å². The van der Waals surface area contributed by atoms with Crippen LogP contribution in [0.1, 0.15) is 11.1 Å². The number of carbonyl (C=O) groups is 2. The normalized spacial score (nSPS) is 10.2. The topological polar surface area (TPSA) is 64.6 Å². The standard InChI is InChI=1S/C19H20ClNO4/c1-24-17-8-5-14(12-18(17)25-2)9-10-21-19(23)16(22)11-13-3-6-15(20)7-4-13/h3-8,12H,9-11H2,1-2H3,(H,21,23). The smallest absolute Gasteiger partial charge is 0.287 e. The van der Waals surface area contributed by atoms with Gasteiger partial charge in [0.25, 0.3) is 5.91 Å². The van der Waals surface area contributed by atoms with Crippen LogP contribution >= 0.6 is 11.6 Å². The molecule has 0 fully saturated rings. The van der Waals surface area contributed by atoms with Crippen molar-refractivity contribution in [2.24, 2.45) is 0 Å². The molecule has 0 saturated heterocycles. The number of ether oxygens (including phenoxy) is 2. The summed E-state index contributed by atoms with van der Waals surface area (Å²) in [6.45, 7) is 0.362. The first kappa shape index (κ1) is 18.8. The van der Waals surface area contributed by atoms with Gasteiger partial charge in [0.15, 0.2) is 11.5 Å². The maximum Gasteiger partial charge on any atom is 0.287 e. The molecule has 0 bridgehead atoms. The molecule has 2 aromatic rings. The van der Waals surface area contributed by atoms with Crippen molar-refractivity contribution in [2.75, 3.05) is 20.8 Å². The lowest BCUT2D eigenvalue weighted by molar-refractivity contribution is -0.137. The summed E-state index contributed by atoms with van der Waals surface area (Å²) in [5, 5.41) is 3.24. The molecule has 1 amide bonds. The van der Waals surface area contributed by atoms with Crippen LogP contribution in [0, 0.1) is 0 Å². The number of Topliss-reactive ketones (excluding diaryl/α,β-unsaturated/α-hetero) is 1. The molecule has 2 aromatic carbocycles. The molecule has 0 aliphatic rings. The molecule has 0 spiro atoms. The van der Waals surface area contributed by atoms with Gasteiger partial charge in [-0.1, -0.05) is 29.8 Å². The molecule has 0 aliphatic heterocycles. The van der Waals surface area contributed by atoms with E-state index < -0.39 is 11.7 Å². The number of methoxy groups -OCH3 is 2. The van der Waals surface area contributed by atoms with E-state index in [1.807, 2.05) is 18.2 Å². The van der Waals surface area contributed by atoms with Crippen molar-refractivity contribution in [3.05, 3.63) is 58.6 Å². The molecule has 0 heterocycles. The number of nitrogens with one attached hydrogen (secondary N) is 1. The Labute approximate surface area is 151 Å². The minimum Gasteiger partial charge on any atom is -0.493 e. The second kappa shape index (κ2) is 9.08. The molecule has 25 heavy (non-hydrogen) atoms. The zero-order chi connectivity index (χ0) is 18.2. The zero-order valence-electron chi connectivity index (χ0n) is 14.2. The Bertz CT molecular complexity index is 744. The molecule has 0 saturated carbocycles. The number of hydrogen-bond donors (Lipinski definition) is 1. The Morgan fingerprint density at radius 3 is 2.24 bits per heavy atom. The van der Waals surface area contributed by atoms with Gasteiger partial charge in [-0.25, -0.2) is 0 Å². The molecule has 0 radical (unpaired) electrons. The quantitative estimate of drug-likeness (QED) is 0.734. The number of amides is 1. The first-order valence-electron chi connectivity index (χ1n) is 7.80. The number of hydrogen-bond acceptors (Lipinski definition) is 4. The van der Waals surface area contributed by atoms with Crippen LogP contribution in [-0.4, -0.2) is 32.5 Å². The fraction of sp³-hybridized carbons (Fsp3) is 0.263. The zero-order valence-corrected chi connectivity index (χ0v) is 14.9. The van der Waals surface area contributed by atoms with Crippen molar-refractivity contribution in [2.45, 2.75) is 12.8 Å². The summed E-state index contributed by atoms with van der Waals surface area (Å²) >= 11 is 5.80. The summed E-state index contributed by atoms with van der Waals surface area (Å²) in [5.41, 5.74) is 1.73. The van der Waals surface area contributed by atoms with Crippen LogP contribution in [0.5, 0.6) is 11.5 Å².